The van der Waals surface area contributed by atoms with E-state index in [0.717, 1.165) is 6.42 Å². The number of nitrogens with two attached hydrogens (primary N) is 1. The molecular formula is C25H32FN5O4S. The van der Waals surface area contributed by atoms with Crippen LogP contribution in [0.15, 0.2) is 53.6 Å². The molecule has 3 N–H and O–H groups in total. The number of aromatic nitrogens is 2. The summed E-state index contributed by atoms with van der Waals surface area (Å²) in [5.41, 5.74) is 6.57. The molecule has 1 amide bonds. The standard InChI is InChI=1S/C25H28FN5O4S.2H2/c1-15(2)14-35-19-12-17(11-18(26)13-19)21-8-7-20(24(28-21)31-10-9-16(31)3)25(32)30-36(33,34)23-6-4-5-22(27)29-23;;/h4-8,11-13,15-16H,9-10,14H2,1-3H3,(H2,27,29)(H,30,32);2*1H. The summed E-state index contributed by atoms with van der Waals surface area (Å²) in [6.07, 6.45) is 0.894. The molecule has 0 saturated carbocycles. The number of carbonyl (C=O) groups excluding carboxylic acids is 1. The van der Waals surface area contributed by atoms with E-state index in [1.807, 2.05) is 30.4 Å². The summed E-state index contributed by atoms with van der Waals surface area (Å²) in [5, 5.41) is -0.368. The van der Waals surface area contributed by atoms with E-state index in [1.54, 1.807) is 12.1 Å². The molecule has 36 heavy (non-hydrogen) atoms. The van der Waals surface area contributed by atoms with E-state index in [2.05, 4.69) is 9.97 Å². The van der Waals surface area contributed by atoms with Crippen molar-refractivity contribution in [3.8, 4) is 17.0 Å². The predicted molar refractivity (Wildman–Crippen MR) is 139 cm³/mol. The van der Waals surface area contributed by atoms with Crippen LogP contribution in [0.3, 0.4) is 0 Å². The number of nitrogen functional groups attached to an aromatic ring is 1. The highest BCUT2D eigenvalue weighted by atomic mass is 32.2. The molecule has 11 heteroatoms. The van der Waals surface area contributed by atoms with Gasteiger partial charge in [-0.25, -0.2) is 19.1 Å². The molecule has 9 nitrogen and oxygen atoms in total. The van der Waals surface area contributed by atoms with Crippen LogP contribution in [0.25, 0.3) is 11.3 Å². The normalized spacial score (nSPS) is 15.5. The highest BCUT2D eigenvalue weighted by Gasteiger charge is 2.31. The Hall–Kier alpha value is -3.73. The maximum absolute atomic E-state index is 14.4. The molecule has 1 aliphatic rings. The van der Waals surface area contributed by atoms with Gasteiger partial charge in [0.25, 0.3) is 15.9 Å². The molecule has 1 atom stereocenters. The summed E-state index contributed by atoms with van der Waals surface area (Å²) in [6, 6.07) is 11.6. The highest BCUT2D eigenvalue weighted by molar-refractivity contribution is 7.90. The number of halogens is 1. The first-order valence-electron chi connectivity index (χ1n) is 11.5. The van der Waals surface area contributed by atoms with Crippen molar-refractivity contribution in [1.82, 2.24) is 14.7 Å². The largest absolute Gasteiger partial charge is 0.493 e. The van der Waals surface area contributed by atoms with Crippen molar-refractivity contribution < 1.29 is 25.2 Å². The number of carbonyl (C=O) groups is 1. The van der Waals surface area contributed by atoms with Gasteiger partial charge >= 0.3 is 0 Å². The number of sulfonamides is 1. The number of hydrogen-bond acceptors (Lipinski definition) is 8. The van der Waals surface area contributed by atoms with Crippen molar-refractivity contribution >= 4 is 27.6 Å². The topological polar surface area (TPSA) is 128 Å². The van der Waals surface area contributed by atoms with Crippen LogP contribution in [-0.4, -0.2) is 43.5 Å². The number of nitrogens with zero attached hydrogens (tertiary/aromatic N) is 3. The summed E-state index contributed by atoms with van der Waals surface area (Å²) in [4.78, 5) is 23.4. The summed E-state index contributed by atoms with van der Waals surface area (Å²) in [7, 11) is -4.26. The Morgan fingerprint density at radius 1 is 1.25 bits per heavy atom. The minimum Gasteiger partial charge on any atom is -0.493 e. The SMILES string of the molecule is CC(C)COc1cc(F)cc(-c2ccc(C(=O)NS(=O)(=O)c3cccc(N)n3)c(N3CCC3C)n2)c1.[HH].[HH]. The minimum atomic E-state index is -4.26. The van der Waals surface area contributed by atoms with Gasteiger partial charge in [0.15, 0.2) is 5.03 Å². The fourth-order valence-electron chi connectivity index (χ4n) is 3.70. The number of nitrogens with one attached hydrogen (secondary N) is 1. The van der Waals surface area contributed by atoms with Crippen LogP contribution in [0.2, 0.25) is 0 Å². The summed E-state index contributed by atoms with van der Waals surface area (Å²) in [6.45, 7) is 7.05. The first-order chi connectivity index (χ1) is 17.0. The van der Waals surface area contributed by atoms with Gasteiger partial charge in [-0.3, -0.25) is 4.79 Å². The summed E-state index contributed by atoms with van der Waals surface area (Å²) < 4.78 is 47.5. The van der Waals surface area contributed by atoms with Gasteiger partial charge in [-0.2, -0.15) is 8.42 Å². The van der Waals surface area contributed by atoms with Crippen molar-refractivity contribution in [2.45, 2.75) is 38.3 Å². The smallest absolute Gasteiger partial charge is 0.281 e. The average Bonchev–Trinajstić information content (AvgIpc) is 2.81. The number of anilines is 2. The molecule has 4 rings (SSSR count). The van der Waals surface area contributed by atoms with Gasteiger partial charge < -0.3 is 15.4 Å². The van der Waals surface area contributed by atoms with Crippen LogP contribution in [0, 0.1) is 11.7 Å². The molecule has 3 heterocycles. The Kier molecular flexibility index (Phi) is 7.11. The number of benzene rings is 1. The number of ether oxygens (including phenoxy) is 1. The van der Waals surface area contributed by atoms with Crippen molar-refractivity contribution in [3.63, 3.8) is 0 Å². The molecule has 1 aromatic carbocycles. The quantitative estimate of drug-likeness (QED) is 0.457. The molecule has 0 radical (unpaired) electrons. The van der Waals surface area contributed by atoms with E-state index in [4.69, 9.17) is 10.5 Å². The molecular weight excluding hydrogens is 485 g/mol. The summed E-state index contributed by atoms with van der Waals surface area (Å²) >= 11 is 0. The third-order valence-electron chi connectivity index (χ3n) is 5.71. The van der Waals surface area contributed by atoms with E-state index in [1.165, 1.54) is 36.4 Å². The van der Waals surface area contributed by atoms with Crippen molar-refractivity contribution in [3.05, 3.63) is 59.9 Å². The molecule has 1 saturated heterocycles. The number of hydrogen-bond donors (Lipinski definition) is 2. The third kappa shape index (κ3) is 5.56. The zero-order chi connectivity index (χ0) is 26.0. The van der Waals surface area contributed by atoms with Gasteiger partial charge in [-0.05, 0) is 55.7 Å². The van der Waals surface area contributed by atoms with Crippen molar-refractivity contribution in [2.75, 3.05) is 23.8 Å². The van der Waals surface area contributed by atoms with Crippen LogP contribution < -0.4 is 20.1 Å². The maximum atomic E-state index is 14.4. The lowest BCUT2D eigenvalue weighted by Crippen LogP contribution is -2.47. The number of pyridine rings is 2. The Balaban J connectivity index is 0.00000253. The predicted octanol–water partition coefficient (Wildman–Crippen LogP) is 4.11. The zero-order valence-corrected chi connectivity index (χ0v) is 21.0. The van der Waals surface area contributed by atoms with Crippen molar-refractivity contribution in [1.29, 1.82) is 0 Å². The van der Waals surface area contributed by atoms with Gasteiger partial charge in [-0.15, -0.1) is 0 Å². The Labute approximate surface area is 212 Å². The molecule has 2 aromatic heterocycles. The molecule has 1 aliphatic heterocycles. The molecule has 1 unspecified atom stereocenters. The second kappa shape index (κ2) is 10.1. The van der Waals surface area contributed by atoms with E-state index >= 15 is 0 Å². The average molecular weight is 518 g/mol. The van der Waals surface area contributed by atoms with Gasteiger partial charge in [-0.1, -0.05) is 19.9 Å². The Morgan fingerprint density at radius 2 is 2.03 bits per heavy atom. The lowest BCUT2D eigenvalue weighted by atomic mass is 10.0. The maximum Gasteiger partial charge on any atom is 0.281 e. The minimum absolute atomic E-state index is 0. The third-order valence-corrected chi connectivity index (χ3v) is 6.94. The first-order valence-corrected chi connectivity index (χ1v) is 13.0. The van der Waals surface area contributed by atoms with E-state index in [0.29, 0.717) is 36.0 Å². The number of amides is 1. The first kappa shape index (κ1) is 25.4. The van der Waals surface area contributed by atoms with E-state index in [9.17, 15) is 17.6 Å². The van der Waals surface area contributed by atoms with Crippen LogP contribution >= 0.6 is 0 Å². The van der Waals surface area contributed by atoms with Crippen LogP contribution in [-0.2, 0) is 10.0 Å². The van der Waals surface area contributed by atoms with Gasteiger partial charge in [0.1, 0.15) is 23.2 Å². The van der Waals surface area contributed by atoms with E-state index < -0.39 is 21.7 Å². The molecule has 0 spiro atoms. The van der Waals surface area contributed by atoms with Crippen molar-refractivity contribution in [2.24, 2.45) is 5.92 Å². The van der Waals surface area contributed by atoms with Crippen LogP contribution in [0.5, 0.6) is 5.75 Å². The second-order valence-corrected chi connectivity index (χ2v) is 10.7. The lowest BCUT2D eigenvalue weighted by molar-refractivity contribution is 0.0981. The second-order valence-electron chi connectivity index (χ2n) is 9.11. The van der Waals surface area contributed by atoms with Crippen LogP contribution in [0.1, 0.15) is 40.4 Å². The number of rotatable bonds is 8. The van der Waals surface area contributed by atoms with E-state index in [-0.39, 0.29) is 31.2 Å². The Morgan fingerprint density at radius 3 is 2.67 bits per heavy atom. The molecule has 194 valence electrons. The molecule has 1 fully saturated rings. The lowest BCUT2D eigenvalue weighted by Gasteiger charge is -2.40. The van der Waals surface area contributed by atoms with Gasteiger partial charge in [0.2, 0.25) is 0 Å². The fraction of sp³-hybridized carbons (Fsp3) is 0.320. The van der Waals surface area contributed by atoms with Gasteiger partial charge in [0, 0.05) is 27.1 Å². The molecule has 0 aliphatic carbocycles. The summed E-state index contributed by atoms with van der Waals surface area (Å²) in [5.74, 6) is -0.360. The Bertz CT molecular complexity index is 1410. The zero-order valence-electron chi connectivity index (χ0n) is 20.2. The fourth-order valence-corrected chi connectivity index (χ4v) is 4.64. The monoisotopic (exact) mass is 517 g/mol. The van der Waals surface area contributed by atoms with Crippen LogP contribution in [0.4, 0.5) is 16.0 Å². The molecule has 0 bridgehead atoms. The highest BCUT2D eigenvalue weighted by Crippen LogP contribution is 2.32. The molecule has 3 aromatic rings. The van der Waals surface area contributed by atoms with Gasteiger partial charge in [0.05, 0.1) is 17.9 Å².